The number of aryl methyl sites for hydroxylation is 1. The van der Waals surface area contributed by atoms with Gasteiger partial charge in [-0.15, -0.1) is 0 Å². The van der Waals surface area contributed by atoms with E-state index in [0.717, 1.165) is 11.1 Å². The van der Waals surface area contributed by atoms with Crippen LogP contribution in [0.25, 0.3) is 0 Å². The maximum Gasteiger partial charge on any atom is 0.326 e. The van der Waals surface area contributed by atoms with Crippen LogP contribution < -0.4 is 5.32 Å². The highest BCUT2D eigenvalue weighted by Crippen LogP contribution is 2.05. The van der Waals surface area contributed by atoms with Crippen molar-refractivity contribution in [1.29, 1.82) is 0 Å². The molecule has 1 amide bonds. The number of amides is 1. The van der Waals surface area contributed by atoms with Crippen LogP contribution in [-0.4, -0.2) is 36.7 Å². The molecule has 0 bridgehead atoms. The Hall–Kier alpha value is -1.88. The van der Waals surface area contributed by atoms with E-state index >= 15 is 0 Å². The molecule has 0 aliphatic rings. The third-order valence-corrected chi connectivity index (χ3v) is 2.69. The molecular weight excluding hydrogens is 246 g/mol. The van der Waals surface area contributed by atoms with Gasteiger partial charge in [-0.3, -0.25) is 4.79 Å². The van der Waals surface area contributed by atoms with Crippen molar-refractivity contribution < 1.29 is 19.4 Å². The van der Waals surface area contributed by atoms with E-state index in [1.54, 1.807) is 0 Å². The Morgan fingerprint density at radius 2 is 2.16 bits per heavy atom. The van der Waals surface area contributed by atoms with E-state index in [1.807, 2.05) is 31.2 Å². The van der Waals surface area contributed by atoms with Gasteiger partial charge in [-0.1, -0.05) is 29.8 Å². The average molecular weight is 265 g/mol. The quantitative estimate of drug-likeness (QED) is 0.775. The van der Waals surface area contributed by atoms with Gasteiger partial charge in [-0.25, -0.2) is 4.79 Å². The highest BCUT2D eigenvalue weighted by atomic mass is 16.5. The van der Waals surface area contributed by atoms with E-state index in [1.165, 1.54) is 7.11 Å². The van der Waals surface area contributed by atoms with Crippen LogP contribution in [0.5, 0.6) is 0 Å². The number of carbonyl (C=O) groups is 2. The Balaban J connectivity index is 2.55. The van der Waals surface area contributed by atoms with Gasteiger partial charge >= 0.3 is 5.97 Å². The molecule has 1 aromatic rings. The first-order valence-electron chi connectivity index (χ1n) is 6.09. The summed E-state index contributed by atoms with van der Waals surface area (Å²) in [5, 5.41) is 11.5. The molecule has 19 heavy (non-hydrogen) atoms. The predicted molar refractivity (Wildman–Crippen MR) is 70.9 cm³/mol. The van der Waals surface area contributed by atoms with Crippen molar-refractivity contribution in [2.75, 3.05) is 13.7 Å². The minimum absolute atomic E-state index is 0.179. The molecule has 1 unspecified atom stereocenters. The van der Waals surface area contributed by atoms with Crippen LogP contribution in [-0.2, 0) is 20.7 Å². The zero-order valence-electron chi connectivity index (χ0n) is 11.2. The lowest BCUT2D eigenvalue weighted by molar-refractivity contribution is -0.142. The van der Waals surface area contributed by atoms with Crippen LogP contribution in [0.15, 0.2) is 24.3 Å². The number of nitrogens with one attached hydrogen (secondary N) is 1. The zero-order chi connectivity index (χ0) is 14.3. The largest absolute Gasteiger partial charge is 0.480 e. The second-order valence-electron chi connectivity index (χ2n) is 4.41. The molecule has 0 spiro atoms. The van der Waals surface area contributed by atoms with Crippen molar-refractivity contribution in [3.05, 3.63) is 35.4 Å². The van der Waals surface area contributed by atoms with Crippen molar-refractivity contribution in [3.8, 4) is 0 Å². The Labute approximate surface area is 112 Å². The van der Waals surface area contributed by atoms with Crippen LogP contribution in [0.4, 0.5) is 0 Å². The summed E-state index contributed by atoms with van der Waals surface area (Å²) in [5.74, 6) is -1.34. The second kappa shape index (κ2) is 7.53. The molecule has 5 nitrogen and oxygen atoms in total. The number of hydrogen-bond donors (Lipinski definition) is 2. The summed E-state index contributed by atoms with van der Waals surface area (Å²) in [7, 11) is 1.49. The minimum Gasteiger partial charge on any atom is -0.480 e. The highest BCUT2D eigenvalue weighted by Gasteiger charge is 2.19. The summed E-state index contributed by atoms with van der Waals surface area (Å²) in [6.07, 6.45) is 0.434. The van der Waals surface area contributed by atoms with Crippen molar-refractivity contribution in [2.45, 2.75) is 25.8 Å². The molecule has 0 aliphatic carbocycles. The number of methoxy groups -OCH3 is 1. The van der Waals surface area contributed by atoms with Crippen LogP contribution in [0, 0.1) is 6.92 Å². The van der Waals surface area contributed by atoms with Gasteiger partial charge in [-0.2, -0.15) is 0 Å². The molecule has 0 saturated carbocycles. The molecule has 0 saturated heterocycles. The standard InChI is InChI=1S/C14H19NO4/c1-10-4-3-5-11(8-10)9-13(16)15-12(14(17)18)6-7-19-2/h3-5,8,12H,6-7,9H2,1-2H3,(H,15,16)(H,17,18). The maximum atomic E-state index is 11.8. The molecule has 104 valence electrons. The first kappa shape index (κ1) is 15.2. The van der Waals surface area contributed by atoms with Gasteiger partial charge in [-0.05, 0) is 12.5 Å². The van der Waals surface area contributed by atoms with Crippen LogP contribution in [0.2, 0.25) is 0 Å². The molecule has 0 heterocycles. The Morgan fingerprint density at radius 3 is 2.74 bits per heavy atom. The van der Waals surface area contributed by atoms with Gasteiger partial charge in [0.15, 0.2) is 0 Å². The summed E-state index contributed by atoms with van der Waals surface area (Å²) in [4.78, 5) is 22.8. The SMILES string of the molecule is COCCC(NC(=O)Cc1cccc(C)c1)C(=O)O. The summed E-state index contributed by atoms with van der Waals surface area (Å²) in [6.45, 7) is 2.24. The van der Waals surface area contributed by atoms with Crippen LogP contribution in [0.1, 0.15) is 17.5 Å². The van der Waals surface area contributed by atoms with Gasteiger partial charge in [0, 0.05) is 20.1 Å². The molecule has 1 aromatic carbocycles. The highest BCUT2D eigenvalue weighted by molar-refractivity contribution is 5.84. The van der Waals surface area contributed by atoms with Gasteiger partial charge in [0.25, 0.3) is 0 Å². The lowest BCUT2D eigenvalue weighted by atomic mass is 10.1. The Bertz CT molecular complexity index is 445. The van der Waals surface area contributed by atoms with E-state index in [2.05, 4.69) is 5.32 Å². The molecule has 0 aliphatic heterocycles. The molecule has 1 atom stereocenters. The fourth-order valence-electron chi connectivity index (χ4n) is 1.75. The van der Waals surface area contributed by atoms with Crippen molar-refractivity contribution in [1.82, 2.24) is 5.32 Å². The van der Waals surface area contributed by atoms with E-state index in [-0.39, 0.29) is 18.7 Å². The molecule has 5 heteroatoms. The predicted octanol–water partition coefficient (Wildman–Crippen LogP) is 1.14. The lowest BCUT2D eigenvalue weighted by Crippen LogP contribution is -2.42. The van der Waals surface area contributed by atoms with Gasteiger partial charge in [0.2, 0.25) is 5.91 Å². The topological polar surface area (TPSA) is 75.6 Å². The summed E-state index contributed by atoms with van der Waals surface area (Å²) < 4.78 is 4.82. The molecule has 0 aromatic heterocycles. The number of aliphatic carboxylic acids is 1. The number of ether oxygens (including phenoxy) is 1. The molecule has 0 radical (unpaired) electrons. The first-order valence-corrected chi connectivity index (χ1v) is 6.09. The second-order valence-corrected chi connectivity index (χ2v) is 4.41. The van der Waals surface area contributed by atoms with Gasteiger partial charge < -0.3 is 15.2 Å². The Morgan fingerprint density at radius 1 is 1.42 bits per heavy atom. The molecule has 2 N–H and O–H groups in total. The van der Waals surface area contributed by atoms with E-state index in [9.17, 15) is 9.59 Å². The number of benzene rings is 1. The third kappa shape index (κ3) is 5.52. The zero-order valence-corrected chi connectivity index (χ0v) is 11.2. The summed E-state index contributed by atoms with van der Waals surface area (Å²) in [5.41, 5.74) is 1.94. The normalized spacial score (nSPS) is 11.9. The summed E-state index contributed by atoms with van der Waals surface area (Å²) >= 11 is 0. The third-order valence-electron chi connectivity index (χ3n) is 2.69. The number of carbonyl (C=O) groups excluding carboxylic acids is 1. The Kier molecular flexibility index (Phi) is 6.02. The van der Waals surface area contributed by atoms with E-state index in [0.29, 0.717) is 6.61 Å². The molecule has 0 fully saturated rings. The average Bonchev–Trinajstić information content (AvgIpc) is 2.34. The minimum atomic E-state index is -1.05. The number of carboxylic acids is 1. The monoisotopic (exact) mass is 265 g/mol. The van der Waals surface area contributed by atoms with E-state index < -0.39 is 12.0 Å². The smallest absolute Gasteiger partial charge is 0.326 e. The fraction of sp³-hybridized carbons (Fsp3) is 0.429. The fourth-order valence-corrected chi connectivity index (χ4v) is 1.75. The molecular formula is C14H19NO4. The summed E-state index contributed by atoms with van der Waals surface area (Å²) in [6, 6.07) is 6.66. The first-order chi connectivity index (χ1) is 9.02. The van der Waals surface area contributed by atoms with Crippen LogP contribution in [0.3, 0.4) is 0 Å². The van der Waals surface area contributed by atoms with Crippen molar-refractivity contribution >= 4 is 11.9 Å². The van der Waals surface area contributed by atoms with E-state index in [4.69, 9.17) is 9.84 Å². The maximum absolute atomic E-state index is 11.8. The van der Waals surface area contributed by atoms with Gasteiger partial charge in [0.1, 0.15) is 6.04 Å². The van der Waals surface area contributed by atoms with Crippen molar-refractivity contribution in [2.24, 2.45) is 0 Å². The number of rotatable bonds is 7. The number of carboxylic acid groups (broad SMARTS) is 1. The van der Waals surface area contributed by atoms with Crippen molar-refractivity contribution in [3.63, 3.8) is 0 Å². The lowest BCUT2D eigenvalue weighted by Gasteiger charge is -2.14. The van der Waals surface area contributed by atoms with Gasteiger partial charge in [0.05, 0.1) is 6.42 Å². The number of hydrogen-bond acceptors (Lipinski definition) is 3. The van der Waals surface area contributed by atoms with Crippen LogP contribution >= 0.6 is 0 Å². The molecule has 1 rings (SSSR count).